The van der Waals surface area contributed by atoms with Crippen LogP contribution in [0.5, 0.6) is 0 Å². The molecule has 5 aliphatic carbocycles. The summed E-state index contributed by atoms with van der Waals surface area (Å²) in [6.45, 7) is 6.30. The summed E-state index contributed by atoms with van der Waals surface area (Å²) in [4.78, 5) is 24.3. The summed E-state index contributed by atoms with van der Waals surface area (Å²) in [7, 11) is 0. The quantitative estimate of drug-likeness (QED) is 0.679. The standard InChI is InChI=1S/C21H30O3/c1-12(22)24-18-10-14-15-4-5-17(23)19(15,2)8-7-16(14)20(3)9-6-13-11-21(13,18)20/h13-16,18H,4-11H2,1-3H3/t13-,14+,15+,16+,18+,19+,20-,21-/m1/s1. The summed E-state index contributed by atoms with van der Waals surface area (Å²) >= 11 is 0. The minimum absolute atomic E-state index is 0.0929. The molecular weight excluding hydrogens is 300 g/mol. The van der Waals surface area contributed by atoms with E-state index >= 15 is 0 Å². The number of hydrogen-bond donors (Lipinski definition) is 0. The Balaban J connectivity index is 1.55. The summed E-state index contributed by atoms with van der Waals surface area (Å²) in [5.74, 6) is 3.00. The molecule has 3 nitrogen and oxygen atoms in total. The van der Waals surface area contributed by atoms with Crippen LogP contribution in [0.3, 0.4) is 0 Å². The Bertz CT molecular complexity index is 627. The zero-order valence-corrected chi connectivity index (χ0v) is 15.3. The van der Waals surface area contributed by atoms with Gasteiger partial charge < -0.3 is 4.74 Å². The molecule has 5 fully saturated rings. The maximum absolute atomic E-state index is 12.6. The van der Waals surface area contributed by atoms with Crippen molar-refractivity contribution < 1.29 is 14.3 Å². The molecule has 0 aliphatic heterocycles. The number of ketones is 1. The fourth-order valence-corrected chi connectivity index (χ4v) is 8.40. The number of esters is 1. The molecule has 0 N–H and O–H groups in total. The minimum atomic E-state index is -0.117. The topological polar surface area (TPSA) is 43.4 Å². The van der Waals surface area contributed by atoms with E-state index in [1.807, 2.05) is 0 Å². The molecule has 0 bridgehead atoms. The van der Waals surface area contributed by atoms with Crippen LogP contribution in [-0.2, 0) is 14.3 Å². The Labute approximate surface area is 144 Å². The number of carbonyl (C=O) groups excluding carboxylic acids is 2. The highest BCUT2D eigenvalue weighted by Crippen LogP contribution is 2.81. The maximum atomic E-state index is 12.6. The van der Waals surface area contributed by atoms with Crippen molar-refractivity contribution in [1.82, 2.24) is 0 Å². The Morgan fingerprint density at radius 3 is 2.62 bits per heavy atom. The third-order valence-electron chi connectivity index (χ3n) is 9.56. The summed E-state index contributed by atoms with van der Waals surface area (Å²) in [5.41, 5.74) is 0.508. The Morgan fingerprint density at radius 2 is 1.92 bits per heavy atom. The van der Waals surface area contributed by atoms with E-state index in [2.05, 4.69) is 13.8 Å². The SMILES string of the molecule is CC(=O)O[C@H]1C[C@H]2[C@@H]3CCC(=O)[C@@]3(C)CC[C@@H]2[C@@]2(C)CC[C@@H]3C[C@@]312. The van der Waals surface area contributed by atoms with Gasteiger partial charge in [0, 0.05) is 24.2 Å². The number of rotatable bonds is 1. The second-order valence-corrected chi connectivity index (χ2v) is 10.0. The second-order valence-electron chi connectivity index (χ2n) is 10.0. The largest absolute Gasteiger partial charge is 0.462 e. The molecule has 5 rings (SSSR count). The average molecular weight is 330 g/mol. The van der Waals surface area contributed by atoms with Crippen LogP contribution >= 0.6 is 0 Å². The van der Waals surface area contributed by atoms with Crippen LogP contribution in [0.25, 0.3) is 0 Å². The fourth-order valence-electron chi connectivity index (χ4n) is 8.40. The van der Waals surface area contributed by atoms with E-state index < -0.39 is 0 Å². The van der Waals surface area contributed by atoms with Gasteiger partial charge in [-0.3, -0.25) is 9.59 Å². The third kappa shape index (κ3) is 1.56. The van der Waals surface area contributed by atoms with Gasteiger partial charge in [-0.15, -0.1) is 0 Å². The van der Waals surface area contributed by atoms with E-state index in [0.717, 1.165) is 37.5 Å². The molecule has 0 aromatic carbocycles. The van der Waals surface area contributed by atoms with Gasteiger partial charge in [-0.05, 0) is 74.0 Å². The first-order chi connectivity index (χ1) is 11.3. The first-order valence-corrected chi connectivity index (χ1v) is 10.0. The highest BCUT2D eigenvalue weighted by Gasteiger charge is 2.78. The zero-order valence-electron chi connectivity index (χ0n) is 15.3. The Morgan fingerprint density at radius 1 is 1.12 bits per heavy atom. The van der Waals surface area contributed by atoms with Crippen LogP contribution in [0.4, 0.5) is 0 Å². The molecule has 0 aromatic rings. The minimum Gasteiger partial charge on any atom is -0.462 e. The molecule has 3 heteroatoms. The number of carbonyl (C=O) groups is 2. The smallest absolute Gasteiger partial charge is 0.302 e. The highest BCUT2D eigenvalue weighted by atomic mass is 16.5. The number of hydrogen-bond acceptors (Lipinski definition) is 3. The van der Waals surface area contributed by atoms with Gasteiger partial charge in [0.1, 0.15) is 11.9 Å². The van der Waals surface area contributed by atoms with E-state index in [-0.39, 0.29) is 22.9 Å². The average Bonchev–Trinajstić information content (AvgIpc) is 3.08. The van der Waals surface area contributed by atoms with E-state index in [9.17, 15) is 9.59 Å². The molecule has 5 aliphatic rings. The number of fused-ring (bicyclic) bond motifs is 4. The summed E-state index contributed by atoms with van der Waals surface area (Å²) in [6.07, 6.45) is 9.14. The Kier molecular flexibility index (Phi) is 2.86. The van der Waals surface area contributed by atoms with E-state index in [1.165, 1.54) is 25.7 Å². The van der Waals surface area contributed by atoms with Crippen LogP contribution in [0, 0.1) is 39.9 Å². The molecule has 0 heterocycles. The van der Waals surface area contributed by atoms with E-state index in [4.69, 9.17) is 4.74 Å². The van der Waals surface area contributed by atoms with Gasteiger partial charge in [0.25, 0.3) is 0 Å². The van der Waals surface area contributed by atoms with Crippen molar-refractivity contribution in [2.75, 3.05) is 0 Å². The molecule has 8 atom stereocenters. The molecule has 5 saturated carbocycles. The van der Waals surface area contributed by atoms with Gasteiger partial charge in [-0.1, -0.05) is 13.8 Å². The van der Waals surface area contributed by atoms with Crippen LogP contribution < -0.4 is 0 Å². The summed E-state index contributed by atoms with van der Waals surface area (Å²) < 4.78 is 5.95. The van der Waals surface area contributed by atoms with Crippen molar-refractivity contribution in [2.24, 2.45) is 39.9 Å². The molecule has 24 heavy (non-hydrogen) atoms. The third-order valence-corrected chi connectivity index (χ3v) is 9.56. The molecule has 1 spiro atoms. The lowest BCUT2D eigenvalue weighted by Crippen LogP contribution is -2.57. The molecule has 0 radical (unpaired) electrons. The monoisotopic (exact) mass is 330 g/mol. The van der Waals surface area contributed by atoms with Gasteiger partial charge in [0.15, 0.2) is 0 Å². The van der Waals surface area contributed by atoms with Crippen LogP contribution in [-0.4, -0.2) is 17.9 Å². The fraction of sp³-hybridized carbons (Fsp3) is 0.905. The van der Waals surface area contributed by atoms with E-state index in [1.54, 1.807) is 6.92 Å². The van der Waals surface area contributed by atoms with Gasteiger partial charge in [0.05, 0.1) is 0 Å². The highest BCUT2D eigenvalue weighted by molar-refractivity contribution is 5.87. The molecule has 0 unspecified atom stereocenters. The number of Topliss-reactive ketones (excluding diaryl/α,β-unsaturated/α-hetero) is 1. The molecule has 0 saturated heterocycles. The summed E-state index contributed by atoms with van der Waals surface area (Å²) in [6, 6.07) is 0. The lowest BCUT2D eigenvalue weighted by molar-refractivity contribution is -0.180. The van der Waals surface area contributed by atoms with E-state index in [0.29, 0.717) is 23.0 Å². The molecule has 132 valence electrons. The normalized spacial score (nSPS) is 57.6. The lowest BCUT2D eigenvalue weighted by Gasteiger charge is -2.59. The van der Waals surface area contributed by atoms with Crippen molar-refractivity contribution in [3.05, 3.63) is 0 Å². The van der Waals surface area contributed by atoms with Crippen molar-refractivity contribution in [1.29, 1.82) is 0 Å². The predicted molar refractivity (Wildman–Crippen MR) is 90.1 cm³/mol. The van der Waals surface area contributed by atoms with Gasteiger partial charge in [-0.25, -0.2) is 0 Å². The van der Waals surface area contributed by atoms with Crippen LogP contribution in [0.15, 0.2) is 0 Å². The van der Waals surface area contributed by atoms with Gasteiger partial charge in [0.2, 0.25) is 0 Å². The summed E-state index contributed by atoms with van der Waals surface area (Å²) in [5, 5.41) is 0. The first kappa shape index (κ1) is 15.4. The Hall–Kier alpha value is -0.860. The van der Waals surface area contributed by atoms with Crippen molar-refractivity contribution >= 4 is 11.8 Å². The van der Waals surface area contributed by atoms with Gasteiger partial charge in [-0.2, -0.15) is 0 Å². The first-order valence-electron chi connectivity index (χ1n) is 10.0. The van der Waals surface area contributed by atoms with Crippen molar-refractivity contribution in [3.63, 3.8) is 0 Å². The predicted octanol–water partition coefficient (Wildman–Crippen LogP) is 4.14. The molecule has 0 aromatic heterocycles. The second kappa shape index (κ2) is 4.45. The number of ether oxygens (including phenoxy) is 1. The van der Waals surface area contributed by atoms with Gasteiger partial charge >= 0.3 is 5.97 Å². The molecule has 0 amide bonds. The van der Waals surface area contributed by atoms with Crippen molar-refractivity contribution in [2.45, 2.75) is 78.2 Å². The van der Waals surface area contributed by atoms with Crippen LogP contribution in [0.1, 0.15) is 72.1 Å². The zero-order chi connectivity index (χ0) is 16.9. The van der Waals surface area contributed by atoms with Crippen molar-refractivity contribution in [3.8, 4) is 0 Å². The maximum Gasteiger partial charge on any atom is 0.302 e. The van der Waals surface area contributed by atoms with Crippen LogP contribution in [0.2, 0.25) is 0 Å². The molecular formula is C21H30O3. The lowest BCUT2D eigenvalue weighted by atomic mass is 9.46.